The van der Waals surface area contributed by atoms with Crippen LogP contribution in [0, 0.1) is 0 Å². The molecule has 84 valence electrons. The van der Waals surface area contributed by atoms with E-state index in [1.165, 1.54) is 19.4 Å². The minimum absolute atomic E-state index is 0.131. The van der Waals surface area contributed by atoms with E-state index in [1.54, 1.807) is 0 Å². The number of methoxy groups -OCH3 is 1. The molecule has 0 aliphatic rings. The molecule has 0 atom stereocenters. The zero-order valence-electron chi connectivity index (χ0n) is 7.82. The van der Waals surface area contributed by atoms with Crippen LogP contribution in [0.2, 0.25) is 0 Å². The summed E-state index contributed by atoms with van der Waals surface area (Å²) >= 11 is 4.25. The van der Waals surface area contributed by atoms with Crippen molar-refractivity contribution in [3.63, 3.8) is 0 Å². The predicted molar refractivity (Wildman–Crippen MR) is 56.0 cm³/mol. The summed E-state index contributed by atoms with van der Waals surface area (Å²) in [5.74, 6) is 0.0243. The molecule has 0 saturated heterocycles. The molecular weight excluding hydrogens is 241 g/mol. The number of ether oxygens (including phenoxy) is 1. The molecular formula is C7H10NO5PS. The van der Waals surface area contributed by atoms with Crippen molar-refractivity contribution in [2.45, 2.75) is 6.61 Å². The first-order chi connectivity index (χ1) is 6.94. The number of pyridine rings is 1. The predicted octanol–water partition coefficient (Wildman–Crippen LogP) is 0.521. The quantitative estimate of drug-likeness (QED) is 0.672. The van der Waals surface area contributed by atoms with E-state index in [0.29, 0.717) is 0 Å². The fraction of sp³-hybridized carbons (Fsp3) is 0.286. The van der Waals surface area contributed by atoms with Crippen LogP contribution in [0.4, 0.5) is 0 Å². The summed E-state index contributed by atoms with van der Waals surface area (Å²) in [7, 11) is 1.39. The number of aromatic hydroxyl groups is 1. The van der Waals surface area contributed by atoms with Crippen molar-refractivity contribution < 1.29 is 24.2 Å². The third-order valence-corrected chi connectivity index (χ3v) is 2.33. The first-order valence-electron chi connectivity index (χ1n) is 3.85. The van der Waals surface area contributed by atoms with Crippen molar-refractivity contribution in [2.75, 3.05) is 7.11 Å². The molecule has 8 heteroatoms. The summed E-state index contributed by atoms with van der Waals surface area (Å²) in [5.41, 5.74) is 0.131. The molecule has 1 rings (SSSR count). The summed E-state index contributed by atoms with van der Waals surface area (Å²) in [5, 5.41) is 9.53. The number of aromatic nitrogens is 1. The first kappa shape index (κ1) is 12.4. The second kappa shape index (κ2) is 4.87. The molecule has 1 aromatic rings. The first-order valence-corrected chi connectivity index (χ1v) is 6.47. The number of nitrogens with zero attached hydrogens (tertiary/aromatic N) is 1. The van der Waals surface area contributed by atoms with Gasteiger partial charge in [-0.15, -0.1) is 0 Å². The van der Waals surface area contributed by atoms with Crippen LogP contribution in [0.3, 0.4) is 0 Å². The van der Waals surface area contributed by atoms with Crippen LogP contribution in [0.25, 0.3) is 0 Å². The van der Waals surface area contributed by atoms with Crippen LogP contribution >= 0.6 is 6.72 Å². The van der Waals surface area contributed by atoms with Gasteiger partial charge in [0, 0.05) is 12.3 Å². The lowest BCUT2D eigenvalue weighted by molar-refractivity contribution is 0.234. The van der Waals surface area contributed by atoms with Crippen molar-refractivity contribution in [1.82, 2.24) is 4.98 Å². The van der Waals surface area contributed by atoms with E-state index in [-0.39, 0.29) is 23.8 Å². The second-order valence-electron chi connectivity index (χ2n) is 2.57. The van der Waals surface area contributed by atoms with Crippen LogP contribution in [-0.2, 0) is 22.9 Å². The van der Waals surface area contributed by atoms with Crippen molar-refractivity contribution in [3.8, 4) is 11.5 Å². The molecule has 6 nitrogen and oxygen atoms in total. The van der Waals surface area contributed by atoms with E-state index in [1.807, 2.05) is 0 Å². The highest BCUT2D eigenvalue weighted by Gasteiger charge is 2.13. The number of hydrogen-bond donors (Lipinski definition) is 3. The summed E-state index contributed by atoms with van der Waals surface area (Å²) in [6.45, 7) is -4.02. The Kier molecular flexibility index (Phi) is 4.01. The molecule has 0 saturated carbocycles. The fourth-order valence-corrected chi connectivity index (χ4v) is 1.34. The molecule has 1 heterocycles. The van der Waals surface area contributed by atoms with Gasteiger partial charge in [0.2, 0.25) is 0 Å². The smallest absolute Gasteiger partial charge is 0.322 e. The largest absolute Gasteiger partial charge is 0.503 e. The fourth-order valence-electron chi connectivity index (χ4n) is 0.893. The Morgan fingerprint density at radius 1 is 1.53 bits per heavy atom. The maximum Gasteiger partial charge on any atom is 0.322 e. The Morgan fingerprint density at radius 3 is 2.73 bits per heavy atom. The van der Waals surface area contributed by atoms with E-state index < -0.39 is 6.72 Å². The molecule has 0 radical (unpaired) electrons. The van der Waals surface area contributed by atoms with Gasteiger partial charge < -0.3 is 24.2 Å². The molecule has 3 N–H and O–H groups in total. The normalized spacial score (nSPS) is 11.4. The van der Waals surface area contributed by atoms with Gasteiger partial charge in [0.15, 0.2) is 11.5 Å². The van der Waals surface area contributed by atoms with Gasteiger partial charge in [-0.3, -0.25) is 4.98 Å². The van der Waals surface area contributed by atoms with Crippen LogP contribution in [0.15, 0.2) is 12.3 Å². The van der Waals surface area contributed by atoms with Crippen LogP contribution in [0.1, 0.15) is 5.69 Å². The molecule has 0 aliphatic heterocycles. The highest BCUT2D eigenvalue weighted by atomic mass is 32.5. The molecule has 0 unspecified atom stereocenters. The third-order valence-electron chi connectivity index (χ3n) is 1.55. The SMILES string of the molecule is COc1ccnc(COP(O)(O)=S)c1O. The summed E-state index contributed by atoms with van der Waals surface area (Å²) < 4.78 is 9.38. The molecule has 1 aromatic heterocycles. The van der Waals surface area contributed by atoms with Gasteiger partial charge in [-0.05, 0) is 11.8 Å². The van der Waals surface area contributed by atoms with E-state index in [4.69, 9.17) is 14.5 Å². The van der Waals surface area contributed by atoms with Crippen molar-refractivity contribution >= 4 is 18.5 Å². The molecule has 0 fully saturated rings. The molecule has 0 bridgehead atoms. The maximum atomic E-state index is 9.53. The Bertz CT molecular complexity index is 393. The third kappa shape index (κ3) is 3.73. The van der Waals surface area contributed by atoms with Crippen LogP contribution in [-0.4, -0.2) is 27.0 Å². The molecule has 15 heavy (non-hydrogen) atoms. The Balaban J connectivity index is 2.82. The highest BCUT2D eigenvalue weighted by molar-refractivity contribution is 8.06. The van der Waals surface area contributed by atoms with Gasteiger partial charge in [0.05, 0.1) is 7.11 Å². The molecule has 0 amide bonds. The average Bonchev–Trinajstić information content (AvgIpc) is 2.15. The zero-order valence-corrected chi connectivity index (χ0v) is 9.53. The van der Waals surface area contributed by atoms with Crippen molar-refractivity contribution in [1.29, 1.82) is 0 Å². The Hall–Kier alpha value is -0.720. The number of rotatable bonds is 4. The maximum absolute atomic E-state index is 9.53. The standard InChI is InChI=1S/C7H10NO5PS/c1-12-6-2-3-8-5(7(6)9)4-13-14(10,11)15/h2-3,9H,4H2,1H3,(H2,10,11,15). The van der Waals surface area contributed by atoms with Gasteiger partial charge in [-0.2, -0.15) is 0 Å². The van der Waals surface area contributed by atoms with Gasteiger partial charge in [0.25, 0.3) is 0 Å². The molecule has 0 spiro atoms. The topological polar surface area (TPSA) is 92.0 Å². The van der Waals surface area contributed by atoms with Gasteiger partial charge in [-0.1, -0.05) is 0 Å². The van der Waals surface area contributed by atoms with Gasteiger partial charge in [0.1, 0.15) is 12.3 Å². The number of hydrogen-bond acceptors (Lipinski definition) is 5. The van der Waals surface area contributed by atoms with E-state index in [9.17, 15) is 5.11 Å². The zero-order chi connectivity index (χ0) is 11.5. The van der Waals surface area contributed by atoms with Gasteiger partial charge in [-0.25, -0.2) is 0 Å². The Morgan fingerprint density at radius 2 is 2.20 bits per heavy atom. The lowest BCUT2D eigenvalue weighted by atomic mass is 10.3. The van der Waals surface area contributed by atoms with E-state index >= 15 is 0 Å². The summed E-state index contributed by atoms with van der Waals surface area (Å²) in [6.07, 6.45) is 1.40. The van der Waals surface area contributed by atoms with Gasteiger partial charge >= 0.3 is 6.72 Å². The lowest BCUT2D eigenvalue weighted by Crippen LogP contribution is -1.96. The highest BCUT2D eigenvalue weighted by Crippen LogP contribution is 2.39. The monoisotopic (exact) mass is 251 g/mol. The molecule has 0 aromatic carbocycles. The summed E-state index contributed by atoms with van der Waals surface area (Å²) in [4.78, 5) is 21.4. The molecule has 0 aliphatic carbocycles. The van der Waals surface area contributed by atoms with E-state index in [0.717, 1.165) is 0 Å². The van der Waals surface area contributed by atoms with E-state index in [2.05, 4.69) is 21.3 Å². The Labute approximate surface area is 91.4 Å². The van der Waals surface area contributed by atoms with Crippen molar-refractivity contribution in [3.05, 3.63) is 18.0 Å². The average molecular weight is 251 g/mol. The minimum Gasteiger partial charge on any atom is -0.503 e. The minimum atomic E-state index is -3.73. The van der Waals surface area contributed by atoms with Crippen LogP contribution in [0.5, 0.6) is 11.5 Å². The summed E-state index contributed by atoms with van der Waals surface area (Å²) in [6, 6.07) is 1.47. The van der Waals surface area contributed by atoms with Crippen molar-refractivity contribution in [2.24, 2.45) is 0 Å². The lowest BCUT2D eigenvalue weighted by Gasteiger charge is -2.10. The second-order valence-corrected chi connectivity index (χ2v) is 5.24. The van der Waals surface area contributed by atoms with Crippen LogP contribution < -0.4 is 4.74 Å².